The summed E-state index contributed by atoms with van der Waals surface area (Å²) in [7, 11) is 0. The van der Waals surface area contributed by atoms with E-state index in [9.17, 15) is 5.11 Å². The zero-order valence-corrected chi connectivity index (χ0v) is 8.37. The predicted octanol–water partition coefficient (Wildman–Crippen LogP) is 0.382. The summed E-state index contributed by atoms with van der Waals surface area (Å²) in [6, 6.07) is 3.93. The summed E-state index contributed by atoms with van der Waals surface area (Å²) in [6.07, 6.45) is 0.391. The predicted molar refractivity (Wildman–Crippen MR) is 55.8 cm³/mol. The maximum atomic E-state index is 9.34. The smallest absolute Gasteiger partial charge is 0.122 e. The average Bonchev–Trinajstić information content (AvgIpc) is 2.09. The van der Waals surface area contributed by atoms with Gasteiger partial charge in [0.2, 0.25) is 0 Å². The maximum Gasteiger partial charge on any atom is 0.122 e. The van der Waals surface area contributed by atoms with E-state index in [-0.39, 0.29) is 36.6 Å². The van der Waals surface area contributed by atoms with Crippen molar-refractivity contribution >= 4 is 12.4 Å². The highest BCUT2D eigenvalue weighted by Gasteiger charge is 2.06. The Kier molecular flexibility index (Phi) is 5.30. The molecule has 1 unspecified atom stereocenters. The molecule has 4 nitrogen and oxygen atoms in total. The molecule has 14 heavy (non-hydrogen) atoms. The van der Waals surface area contributed by atoms with Gasteiger partial charge in [0.1, 0.15) is 11.5 Å². The topological polar surface area (TPSA) is 86.7 Å². The van der Waals surface area contributed by atoms with E-state index < -0.39 is 0 Å². The van der Waals surface area contributed by atoms with Gasteiger partial charge in [-0.2, -0.15) is 0 Å². The van der Waals surface area contributed by atoms with Crippen molar-refractivity contribution in [3.05, 3.63) is 23.8 Å². The third-order valence-electron chi connectivity index (χ3n) is 1.79. The van der Waals surface area contributed by atoms with Crippen LogP contribution in [0.2, 0.25) is 0 Å². The van der Waals surface area contributed by atoms with Gasteiger partial charge in [0.05, 0.1) is 6.61 Å². The molecule has 1 aromatic carbocycles. The van der Waals surface area contributed by atoms with E-state index in [0.717, 1.165) is 0 Å². The number of hydrogen-bond donors (Lipinski definition) is 4. The van der Waals surface area contributed by atoms with Gasteiger partial charge in [0.15, 0.2) is 0 Å². The molecule has 0 aliphatic rings. The van der Waals surface area contributed by atoms with Crippen LogP contribution in [-0.4, -0.2) is 28.0 Å². The van der Waals surface area contributed by atoms with Gasteiger partial charge in [-0.1, -0.05) is 6.07 Å². The standard InChI is InChI=1S/C9H13NO3.ClH/c10-7(5-11)3-6-1-2-8(12)4-9(6)13;/h1-2,4,7,11-13H,3,5,10H2;1H. The highest BCUT2D eigenvalue weighted by atomic mass is 35.5. The summed E-state index contributed by atoms with van der Waals surface area (Å²) in [5.74, 6) is 0.0164. The lowest BCUT2D eigenvalue weighted by atomic mass is 10.1. The molecule has 5 N–H and O–H groups in total. The van der Waals surface area contributed by atoms with Gasteiger partial charge in [-0.05, 0) is 18.1 Å². The minimum absolute atomic E-state index is 0. The maximum absolute atomic E-state index is 9.34. The van der Waals surface area contributed by atoms with E-state index in [2.05, 4.69) is 0 Å². The van der Waals surface area contributed by atoms with Crippen LogP contribution in [0.5, 0.6) is 11.5 Å². The highest BCUT2D eigenvalue weighted by molar-refractivity contribution is 5.85. The van der Waals surface area contributed by atoms with Gasteiger partial charge in [0.25, 0.3) is 0 Å². The summed E-state index contributed by atoms with van der Waals surface area (Å²) < 4.78 is 0. The molecule has 0 saturated heterocycles. The second-order valence-electron chi connectivity index (χ2n) is 2.96. The summed E-state index contributed by atoms with van der Waals surface area (Å²) in [4.78, 5) is 0. The molecule has 0 saturated carbocycles. The molecule has 0 radical (unpaired) electrons. The second kappa shape index (κ2) is 5.70. The Hall–Kier alpha value is -0.970. The third kappa shape index (κ3) is 3.41. The number of phenols is 2. The van der Waals surface area contributed by atoms with Crippen LogP contribution in [-0.2, 0) is 6.42 Å². The van der Waals surface area contributed by atoms with Crippen molar-refractivity contribution in [3.8, 4) is 11.5 Å². The van der Waals surface area contributed by atoms with Crippen LogP contribution in [0.3, 0.4) is 0 Å². The highest BCUT2D eigenvalue weighted by Crippen LogP contribution is 2.23. The van der Waals surface area contributed by atoms with Gasteiger partial charge in [-0.25, -0.2) is 0 Å². The molecule has 80 valence electrons. The zero-order chi connectivity index (χ0) is 9.84. The van der Waals surface area contributed by atoms with E-state index in [1.54, 1.807) is 6.07 Å². The molecular weight excluding hydrogens is 206 g/mol. The molecule has 0 heterocycles. The molecule has 0 aromatic heterocycles. The van der Waals surface area contributed by atoms with Crippen LogP contribution >= 0.6 is 12.4 Å². The normalized spacial score (nSPS) is 11.9. The number of nitrogens with two attached hydrogens (primary N) is 1. The first-order chi connectivity index (χ1) is 6.13. The molecular formula is C9H14ClNO3. The van der Waals surface area contributed by atoms with Crippen molar-refractivity contribution in [1.82, 2.24) is 0 Å². The van der Waals surface area contributed by atoms with Crippen molar-refractivity contribution in [2.24, 2.45) is 5.73 Å². The van der Waals surface area contributed by atoms with Crippen LogP contribution < -0.4 is 5.73 Å². The van der Waals surface area contributed by atoms with Gasteiger partial charge in [-0.3, -0.25) is 0 Å². The first-order valence-corrected chi connectivity index (χ1v) is 4.00. The van der Waals surface area contributed by atoms with Crippen molar-refractivity contribution in [3.63, 3.8) is 0 Å². The summed E-state index contributed by atoms with van der Waals surface area (Å²) >= 11 is 0. The van der Waals surface area contributed by atoms with Gasteiger partial charge < -0.3 is 21.1 Å². The Labute approximate surface area is 88.4 Å². The Balaban J connectivity index is 0.00000169. The lowest BCUT2D eigenvalue weighted by Gasteiger charge is -2.09. The van der Waals surface area contributed by atoms with Crippen LogP contribution in [0.1, 0.15) is 5.56 Å². The second-order valence-corrected chi connectivity index (χ2v) is 2.96. The first-order valence-electron chi connectivity index (χ1n) is 4.00. The first kappa shape index (κ1) is 13.0. The zero-order valence-electron chi connectivity index (χ0n) is 7.55. The lowest BCUT2D eigenvalue weighted by molar-refractivity contribution is 0.264. The van der Waals surface area contributed by atoms with Crippen LogP contribution in [0.25, 0.3) is 0 Å². The van der Waals surface area contributed by atoms with Crippen molar-refractivity contribution in [2.75, 3.05) is 6.61 Å². The number of aliphatic hydroxyl groups is 1. The number of hydrogen-bond acceptors (Lipinski definition) is 4. The molecule has 0 fully saturated rings. The molecule has 0 aliphatic heterocycles. The Morgan fingerprint density at radius 2 is 1.93 bits per heavy atom. The Morgan fingerprint density at radius 3 is 2.43 bits per heavy atom. The average molecular weight is 220 g/mol. The van der Waals surface area contributed by atoms with Crippen LogP contribution in [0.15, 0.2) is 18.2 Å². The number of rotatable bonds is 3. The molecule has 5 heteroatoms. The van der Waals surface area contributed by atoms with E-state index in [1.807, 2.05) is 0 Å². The largest absolute Gasteiger partial charge is 0.508 e. The van der Waals surface area contributed by atoms with Gasteiger partial charge in [-0.15, -0.1) is 12.4 Å². The quantitative estimate of drug-likeness (QED) is 0.592. The fraction of sp³-hybridized carbons (Fsp3) is 0.333. The Bertz CT molecular complexity index is 293. The fourth-order valence-electron chi connectivity index (χ4n) is 1.07. The molecule has 1 rings (SSSR count). The van der Waals surface area contributed by atoms with Crippen molar-refractivity contribution in [1.29, 1.82) is 0 Å². The number of benzene rings is 1. The molecule has 0 bridgehead atoms. The third-order valence-corrected chi connectivity index (χ3v) is 1.79. The summed E-state index contributed by atoms with van der Waals surface area (Å²) in [5, 5.41) is 27.0. The van der Waals surface area contributed by atoms with Crippen LogP contribution in [0.4, 0.5) is 0 Å². The monoisotopic (exact) mass is 219 g/mol. The van der Waals surface area contributed by atoms with Crippen LogP contribution in [0, 0.1) is 0 Å². The van der Waals surface area contributed by atoms with Gasteiger partial charge >= 0.3 is 0 Å². The number of aliphatic hydroxyl groups excluding tert-OH is 1. The summed E-state index contributed by atoms with van der Waals surface area (Å²) in [5.41, 5.74) is 6.11. The molecule has 0 amide bonds. The van der Waals surface area contributed by atoms with Crippen molar-refractivity contribution < 1.29 is 15.3 Å². The Morgan fingerprint density at radius 1 is 1.29 bits per heavy atom. The minimum Gasteiger partial charge on any atom is -0.508 e. The molecule has 1 atom stereocenters. The number of phenolic OH excluding ortho intramolecular Hbond substituents is 2. The van der Waals surface area contributed by atoms with E-state index in [4.69, 9.17) is 15.9 Å². The SMILES string of the molecule is Cl.NC(CO)Cc1ccc(O)cc1O. The van der Waals surface area contributed by atoms with Gasteiger partial charge in [0, 0.05) is 12.1 Å². The fourth-order valence-corrected chi connectivity index (χ4v) is 1.07. The molecule has 1 aromatic rings. The molecule has 0 aliphatic carbocycles. The van der Waals surface area contributed by atoms with E-state index in [0.29, 0.717) is 12.0 Å². The molecule has 0 spiro atoms. The van der Waals surface area contributed by atoms with E-state index in [1.165, 1.54) is 12.1 Å². The number of halogens is 1. The number of aromatic hydroxyl groups is 2. The summed E-state index contributed by atoms with van der Waals surface area (Å²) in [6.45, 7) is -0.125. The van der Waals surface area contributed by atoms with Crippen molar-refractivity contribution in [2.45, 2.75) is 12.5 Å². The lowest BCUT2D eigenvalue weighted by Crippen LogP contribution is -2.26. The minimum atomic E-state index is -0.379. The van der Waals surface area contributed by atoms with E-state index >= 15 is 0 Å².